The molecule has 1 N–H and O–H groups in total. The fourth-order valence-electron chi connectivity index (χ4n) is 2.56. The molecule has 178 valence electrons. The molecule has 0 unspecified atom stereocenters. The first-order chi connectivity index (χ1) is 13.2. The van der Waals surface area contributed by atoms with Crippen LogP contribution >= 0.6 is 20.4 Å². The van der Waals surface area contributed by atoms with Crippen LogP contribution in [0.2, 0.25) is 0 Å². The van der Waals surface area contributed by atoms with Crippen molar-refractivity contribution in [3.63, 3.8) is 0 Å². The summed E-state index contributed by atoms with van der Waals surface area (Å²) in [6.45, 7) is 5.07. The lowest BCUT2D eigenvalue weighted by Gasteiger charge is -2.44. The summed E-state index contributed by atoms with van der Waals surface area (Å²) in [6, 6.07) is 2.02. The monoisotopic (exact) mass is 505 g/mol. The SMILES string of the molecule is CC(C)(C)c1cccc(C=Nc2ccc(S(F)(F)(F)(F)F)cc2S(F)(F)(F)(F)F)c1O. The summed E-state index contributed by atoms with van der Waals surface area (Å²) in [6.07, 6.45) is 0.520. The van der Waals surface area contributed by atoms with Crippen LogP contribution in [-0.4, -0.2) is 11.3 Å². The zero-order valence-electron chi connectivity index (χ0n) is 16.0. The van der Waals surface area contributed by atoms with E-state index >= 15 is 0 Å². The minimum atomic E-state index is -10.9. The normalized spacial score (nSPS) is 18.2. The zero-order chi connectivity index (χ0) is 24.4. The van der Waals surface area contributed by atoms with E-state index in [0.29, 0.717) is 11.8 Å². The minimum absolute atomic E-state index is 0.221. The lowest BCUT2D eigenvalue weighted by molar-refractivity contribution is 0.360. The van der Waals surface area contributed by atoms with Gasteiger partial charge in [0.25, 0.3) is 0 Å². The molecule has 0 amide bonds. The average Bonchev–Trinajstić information content (AvgIpc) is 2.48. The smallest absolute Gasteiger partial charge is 0.312 e. The fraction of sp³-hybridized carbons (Fsp3) is 0.235. The molecule has 0 fully saturated rings. The van der Waals surface area contributed by atoms with Crippen molar-refractivity contribution in [1.82, 2.24) is 0 Å². The van der Waals surface area contributed by atoms with Crippen molar-refractivity contribution >= 4 is 32.4 Å². The van der Waals surface area contributed by atoms with Crippen LogP contribution in [0.3, 0.4) is 0 Å². The largest absolute Gasteiger partial charge is 0.507 e. The number of benzene rings is 2. The third kappa shape index (κ3) is 5.99. The van der Waals surface area contributed by atoms with Gasteiger partial charge in [-0.25, -0.2) is 0 Å². The Balaban J connectivity index is 2.75. The Hall–Kier alpha value is -2.09. The fourth-order valence-corrected chi connectivity index (χ4v) is 4.17. The number of halogens is 10. The number of hydrogen-bond donors (Lipinski definition) is 1. The molecule has 0 aromatic heterocycles. The van der Waals surface area contributed by atoms with E-state index < -0.39 is 59.2 Å². The van der Waals surface area contributed by atoms with Gasteiger partial charge >= 0.3 is 20.4 Å². The van der Waals surface area contributed by atoms with E-state index in [9.17, 15) is 44.0 Å². The van der Waals surface area contributed by atoms with E-state index in [1.54, 1.807) is 20.8 Å². The Labute approximate surface area is 171 Å². The van der Waals surface area contributed by atoms with Crippen molar-refractivity contribution in [2.75, 3.05) is 0 Å². The summed E-state index contributed by atoms with van der Waals surface area (Å²) in [5.74, 6) is -0.448. The van der Waals surface area contributed by atoms with Gasteiger partial charge in [0.1, 0.15) is 15.5 Å². The van der Waals surface area contributed by atoms with Crippen molar-refractivity contribution in [3.05, 3.63) is 47.5 Å². The summed E-state index contributed by atoms with van der Waals surface area (Å²) >= 11 is 0. The standard InChI is InChI=1S/C17H17F10NOS2/c1-17(2,3)13-6-4-5-11(16(13)29)10-28-14-8-7-12(30(18,19,20,21)22)9-15(14)31(23,24,25,26)27/h4-10,29H,1-3H3. The first-order valence-electron chi connectivity index (χ1n) is 8.18. The van der Waals surface area contributed by atoms with Crippen LogP contribution in [0.15, 0.2) is 51.2 Å². The van der Waals surface area contributed by atoms with E-state index in [1.165, 1.54) is 12.1 Å². The zero-order valence-corrected chi connectivity index (χ0v) is 17.7. The van der Waals surface area contributed by atoms with Gasteiger partial charge in [-0.1, -0.05) is 71.8 Å². The van der Waals surface area contributed by atoms with Crippen LogP contribution in [0, 0.1) is 0 Å². The number of nitrogens with zero attached hydrogens (tertiary/aromatic N) is 1. The molecule has 0 heterocycles. The summed E-state index contributed by atoms with van der Waals surface area (Å²) in [5.41, 5.74) is -2.25. The van der Waals surface area contributed by atoms with Gasteiger partial charge in [-0.15, -0.1) is 0 Å². The van der Waals surface area contributed by atoms with Crippen LogP contribution in [0.5, 0.6) is 5.75 Å². The molecule has 2 aromatic rings. The van der Waals surface area contributed by atoms with E-state index in [4.69, 9.17) is 0 Å². The van der Waals surface area contributed by atoms with Gasteiger partial charge in [0.05, 0.1) is 5.69 Å². The maximum atomic E-state index is 13.3. The molecule has 0 bridgehead atoms. The Morgan fingerprint density at radius 3 is 1.81 bits per heavy atom. The van der Waals surface area contributed by atoms with Gasteiger partial charge < -0.3 is 5.11 Å². The topological polar surface area (TPSA) is 32.6 Å². The molecule has 31 heavy (non-hydrogen) atoms. The maximum absolute atomic E-state index is 13.3. The van der Waals surface area contributed by atoms with Crippen LogP contribution in [-0.2, 0) is 5.41 Å². The molecule has 0 saturated carbocycles. The number of phenolic OH excluding ortho intramolecular Hbond substituents is 1. The van der Waals surface area contributed by atoms with Gasteiger partial charge in [-0.3, -0.25) is 4.99 Å². The molecule has 0 aliphatic heterocycles. The molecule has 0 aliphatic carbocycles. The molecule has 2 rings (SSSR count). The Morgan fingerprint density at radius 2 is 1.35 bits per heavy atom. The number of rotatable bonds is 4. The van der Waals surface area contributed by atoms with E-state index in [0.717, 1.165) is 6.07 Å². The minimum Gasteiger partial charge on any atom is -0.507 e. The highest BCUT2D eigenvalue weighted by Gasteiger charge is 2.70. The molecule has 0 radical (unpaired) electrons. The van der Waals surface area contributed by atoms with Crippen molar-refractivity contribution in [3.8, 4) is 5.75 Å². The third-order valence-corrected chi connectivity index (χ3v) is 6.31. The Kier molecular flexibility index (Phi) is 4.57. The van der Waals surface area contributed by atoms with Gasteiger partial charge in [0.2, 0.25) is 0 Å². The second-order valence-corrected chi connectivity index (χ2v) is 12.6. The van der Waals surface area contributed by atoms with Crippen LogP contribution < -0.4 is 0 Å². The van der Waals surface area contributed by atoms with Gasteiger partial charge in [-0.2, -0.15) is 0 Å². The summed E-state index contributed by atoms with van der Waals surface area (Å²) in [7, 11) is -21.6. The lowest BCUT2D eigenvalue weighted by atomic mass is 9.85. The third-order valence-electron chi connectivity index (χ3n) is 4.01. The van der Waals surface area contributed by atoms with Crippen LogP contribution in [0.1, 0.15) is 31.9 Å². The number of hydrogen-bond acceptors (Lipinski definition) is 2. The summed E-state index contributed by atoms with van der Waals surface area (Å²) < 4.78 is 131. The predicted molar refractivity (Wildman–Crippen MR) is 103 cm³/mol. The highest BCUT2D eigenvalue weighted by molar-refractivity contribution is 8.46. The van der Waals surface area contributed by atoms with Gasteiger partial charge in [0, 0.05) is 11.8 Å². The summed E-state index contributed by atoms with van der Waals surface area (Å²) in [5, 5.41) is 10.3. The second-order valence-electron chi connectivity index (χ2n) is 7.82. The number of aromatic hydroxyl groups is 1. The predicted octanol–water partition coefficient (Wildman–Crippen LogP) is 9.76. The maximum Gasteiger partial charge on any atom is 0.312 e. The van der Waals surface area contributed by atoms with Crippen LogP contribution in [0.25, 0.3) is 0 Å². The number of para-hydroxylation sites is 1. The average molecular weight is 505 g/mol. The molecule has 0 aliphatic rings. The molecule has 2 aromatic carbocycles. The second kappa shape index (κ2) is 5.63. The highest BCUT2D eigenvalue weighted by atomic mass is 32.5. The lowest BCUT2D eigenvalue weighted by Crippen LogP contribution is -2.12. The van der Waals surface area contributed by atoms with E-state index in [1.807, 2.05) is 0 Å². The Bertz CT molecular complexity index is 1090. The molecular formula is C17H17F10NOS2. The van der Waals surface area contributed by atoms with E-state index in [-0.39, 0.29) is 11.6 Å². The molecule has 14 heteroatoms. The van der Waals surface area contributed by atoms with Gasteiger partial charge in [-0.05, 0) is 35.2 Å². The van der Waals surface area contributed by atoms with Crippen LogP contribution in [0.4, 0.5) is 44.5 Å². The first kappa shape index (κ1) is 25.2. The van der Waals surface area contributed by atoms with E-state index in [2.05, 4.69) is 4.99 Å². The first-order valence-corrected chi connectivity index (χ1v) is 12.1. The number of aliphatic imine (C=N–C) groups is 1. The number of phenols is 1. The highest BCUT2D eigenvalue weighted by Crippen LogP contribution is 3.05. The molecular weight excluding hydrogens is 488 g/mol. The van der Waals surface area contributed by atoms with Crippen molar-refractivity contribution in [2.45, 2.75) is 36.0 Å². The van der Waals surface area contributed by atoms with Crippen molar-refractivity contribution in [1.29, 1.82) is 0 Å². The quantitative estimate of drug-likeness (QED) is 0.326. The molecule has 0 saturated heterocycles. The molecule has 0 spiro atoms. The Morgan fingerprint density at radius 1 is 0.806 bits per heavy atom. The van der Waals surface area contributed by atoms with Crippen molar-refractivity contribution < 1.29 is 44.0 Å². The van der Waals surface area contributed by atoms with Gasteiger partial charge in [0.15, 0.2) is 0 Å². The van der Waals surface area contributed by atoms with Crippen molar-refractivity contribution in [2.24, 2.45) is 4.99 Å². The molecule has 2 nitrogen and oxygen atoms in total. The summed E-state index contributed by atoms with van der Waals surface area (Å²) in [4.78, 5) is -3.21. The molecule has 0 atom stereocenters.